The van der Waals surface area contributed by atoms with Gasteiger partial charge in [0.2, 0.25) is 5.91 Å². The second kappa shape index (κ2) is 14.0. The van der Waals surface area contributed by atoms with Crippen LogP contribution in [0.25, 0.3) is 0 Å². The summed E-state index contributed by atoms with van der Waals surface area (Å²) in [5.41, 5.74) is -1.61. The molecule has 3 N–H and O–H groups in total. The Hall–Kier alpha value is -3.26. The number of rotatable bonds is 9. The van der Waals surface area contributed by atoms with Crippen molar-refractivity contribution >= 4 is 45.1 Å². The minimum absolute atomic E-state index is 0.106. The van der Waals surface area contributed by atoms with Crippen molar-refractivity contribution in [2.75, 3.05) is 37.0 Å². The molecule has 4 amide bonds. The molecular formula is C29H35F3N4O5S2. The highest BCUT2D eigenvalue weighted by Crippen LogP contribution is 2.32. The van der Waals surface area contributed by atoms with E-state index in [1.54, 1.807) is 24.3 Å². The summed E-state index contributed by atoms with van der Waals surface area (Å²) in [7, 11) is -3.61. The highest BCUT2D eigenvalue weighted by molar-refractivity contribution is 7.98. The molecule has 1 heterocycles. The molecule has 0 radical (unpaired) electrons. The predicted molar refractivity (Wildman–Crippen MR) is 158 cm³/mol. The number of amides is 4. The second-order valence-corrected chi connectivity index (χ2v) is 13.7. The molecule has 0 bridgehead atoms. The number of carbonyl (C=O) groups excluding carboxylic acids is 3. The summed E-state index contributed by atoms with van der Waals surface area (Å²) >= 11 is 1.50. The van der Waals surface area contributed by atoms with E-state index in [9.17, 15) is 36.0 Å². The van der Waals surface area contributed by atoms with Crippen LogP contribution < -0.4 is 16.0 Å². The molecule has 2 unspecified atom stereocenters. The van der Waals surface area contributed by atoms with Gasteiger partial charge < -0.3 is 20.9 Å². The van der Waals surface area contributed by atoms with Crippen molar-refractivity contribution in [1.82, 2.24) is 15.5 Å². The van der Waals surface area contributed by atoms with Crippen LogP contribution in [-0.2, 0) is 20.8 Å². The molecule has 9 nitrogen and oxygen atoms in total. The normalized spacial score (nSPS) is 19.1. The number of urea groups is 1. The van der Waals surface area contributed by atoms with E-state index in [0.29, 0.717) is 32.0 Å². The number of halogens is 3. The van der Waals surface area contributed by atoms with Gasteiger partial charge in [-0.1, -0.05) is 12.8 Å². The number of alkyl halides is 3. The zero-order valence-corrected chi connectivity index (χ0v) is 25.3. The van der Waals surface area contributed by atoms with Crippen molar-refractivity contribution in [3.63, 3.8) is 0 Å². The van der Waals surface area contributed by atoms with E-state index < -0.39 is 57.6 Å². The fraction of sp³-hybridized carbons (Fsp3) is 0.483. The molecule has 43 heavy (non-hydrogen) atoms. The Bertz CT molecular complexity index is 1430. The third-order valence-corrected chi connectivity index (χ3v) is 10.3. The molecule has 1 aliphatic carbocycles. The lowest BCUT2D eigenvalue weighted by molar-refractivity contribution is -0.137. The molecule has 2 fully saturated rings. The zero-order valence-electron chi connectivity index (χ0n) is 23.7. The van der Waals surface area contributed by atoms with Crippen LogP contribution in [0.4, 0.5) is 23.7 Å². The Kier molecular flexibility index (Phi) is 10.6. The fourth-order valence-corrected chi connectivity index (χ4v) is 7.52. The third kappa shape index (κ3) is 8.65. The van der Waals surface area contributed by atoms with Crippen molar-refractivity contribution in [2.24, 2.45) is 5.92 Å². The highest BCUT2D eigenvalue weighted by Gasteiger charge is 2.33. The molecule has 0 spiro atoms. The summed E-state index contributed by atoms with van der Waals surface area (Å²) in [6, 6.07) is 8.10. The summed E-state index contributed by atoms with van der Waals surface area (Å²) in [6.07, 6.45) is 1.56. The third-order valence-electron chi connectivity index (χ3n) is 7.74. The Morgan fingerprint density at radius 1 is 0.977 bits per heavy atom. The van der Waals surface area contributed by atoms with Crippen molar-refractivity contribution in [3.05, 3.63) is 53.6 Å². The van der Waals surface area contributed by atoms with Gasteiger partial charge in [0, 0.05) is 24.0 Å². The van der Waals surface area contributed by atoms with Crippen LogP contribution in [0.5, 0.6) is 0 Å². The maximum Gasteiger partial charge on any atom is 0.416 e. The molecular weight excluding hydrogens is 605 g/mol. The van der Waals surface area contributed by atoms with E-state index in [1.165, 1.54) is 16.7 Å². The first-order chi connectivity index (χ1) is 20.4. The minimum Gasteiger partial charge on any atom is -0.352 e. The van der Waals surface area contributed by atoms with Crippen LogP contribution in [0.3, 0.4) is 0 Å². The SMILES string of the molecule is CSc1ccc(S(=O)(=O)CC2CCCCC2NC(=O)CNC(=O)c2cc(C(F)(F)F)ccc2NC(=O)N2CCCC2)cc1. The van der Waals surface area contributed by atoms with Crippen LogP contribution in [0.1, 0.15) is 54.4 Å². The average molecular weight is 641 g/mol. The maximum absolute atomic E-state index is 13.4. The first-order valence-corrected chi connectivity index (χ1v) is 17.0. The predicted octanol–water partition coefficient (Wildman–Crippen LogP) is 4.93. The number of hydrogen-bond donors (Lipinski definition) is 3. The van der Waals surface area contributed by atoms with E-state index in [4.69, 9.17) is 0 Å². The molecule has 1 aliphatic heterocycles. The van der Waals surface area contributed by atoms with E-state index in [-0.39, 0.29) is 22.3 Å². The van der Waals surface area contributed by atoms with Crippen LogP contribution in [0.2, 0.25) is 0 Å². The second-order valence-electron chi connectivity index (χ2n) is 10.7. The smallest absolute Gasteiger partial charge is 0.352 e. The maximum atomic E-state index is 13.4. The van der Waals surface area contributed by atoms with Crippen LogP contribution >= 0.6 is 11.8 Å². The average Bonchev–Trinajstić information content (AvgIpc) is 3.52. The number of anilines is 1. The largest absolute Gasteiger partial charge is 0.416 e. The Morgan fingerprint density at radius 2 is 1.65 bits per heavy atom. The van der Waals surface area contributed by atoms with Crippen LogP contribution in [0, 0.1) is 5.92 Å². The number of nitrogens with one attached hydrogen (secondary N) is 3. The number of nitrogens with zero attached hydrogens (tertiary/aromatic N) is 1. The minimum atomic E-state index is -4.72. The molecule has 1 saturated carbocycles. The van der Waals surface area contributed by atoms with Gasteiger partial charge >= 0.3 is 12.2 Å². The number of thioether (sulfide) groups is 1. The van der Waals surface area contributed by atoms with Crippen molar-refractivity contribution in [3.8, 4) is 0 Å². The summed E-state index contributed by atoms with van der Waals surface area (Å²) in [4.78, 5) is 41.0. The Labute approximate surface area is 253 Å². The Morgan fingerprint density at radius 3 is 2.30 bits per heavy atom. The zero-order chi connectivity index (χ0) is 31.2. The molecule has 14 heteroatoms. The van der Waals surface area contributed by atoms with Gasteiger partial charge in [-0.2, -0.15) is 13.2 Å². The van der Waals surface area contributed by atoms with Gasteiger partial charge in [-0.3, -0.25) is 9.59 Å². The van der Waals surface area contributed by atoms with Crippen LogP contribution in [-0.4, -0.2) is 68.8 Å². The molecule has 4 rings (SSSR count). The van der Waals surface area contributed by atoms with Gasteiger partial charge in [0.15, 0.2) is 9.84 Å². The Balaban J connectivity index is 1.40. The monoisotopic (exact) mass is 640 g/mol. The van der Waals surface area contributed by atoms with Crippen LogP contribution in [0.15, 0.2) is 52.3 Å². The van der Waals surface area contributed by atoms with Gasteiger partial charge in [-0.05, 0) is 80.3 Å². The number of carbonyl (C=O) groups is 3. The highest BCUT2D eigenvalue weighted by atomic mass is 32.2. The van der Waals surface area contributed by atoms with Gasteiger partial charge in [0.1, 0.15) is 0 Å². The molecule has 234 valence electrons. The summed E-state index contributed by atoms with van der Waals surface area (Å²) in [6.45, 7) is 0.463. The van der Waals surface area contributed by atoms with Crippen molar-refractivity contribution < 1.29 is 36.0 Å². The lowest BCUT2D eigenvalue weighted by atomic mass is 9.86. The number of sulfone groups is 1. The van der Waals surface area contributed by atoms with E-state index in [1.807, 2.05) is 6.26 Å². The fourth-order valence-electron chi connectivity index (χ4n) is 5.40. The lowest BCUT2D eigenvalue weighted by Gasteiger charge is -2.32. The molecule has 2 atom stereocenters. The van der Waals surface area contributed by atoms with Crippen molar-refractivity contribution in [1.29, 1.82) is 0 Å². The summed E-state index contributed by atoms with van der Waals surface area (Å²) < 4.78 is 66.4. The molecule has 2 aromatic rings. The number of benzene rings is 2. The van der Waals surface area contributed by atoms with Gasteiger partial charge in [-0.15, -0.1) is 11.8 Å². The van der Waals surface area contributed by atoms with E-state index >= 15 is 0 Å². The number of likely N-dealkylation sites (tertiary alicyclic amines) is 1. The first kappa shape index (κ1) is 32.6. The molecule has 2 aromatic carbocycles. The summed E-state index contributed by atoms with van der Waals surface area (Å²) in [5.74, 6) is -2.04. The van der Waals surface area contributed by atoms with Gasteiger partial charge in [0.25, 0.3) is 5.91 Å². The quantitative estimate of drug-likeness (QED) is 0.334. The van der Waals surface area contributed by atoms with Crippen molar-refractivity contribution in [2.45, 2.75) is 60.5 Å². The summed E-state index contributed by atoms with van der Waals surface area (Å²) in [5, 5.41) is 7.67. The molecule has 1 saturated heterocycles. The molecule has 0 aromatic heterocycles. The lowest BCUT2D eigenvalue weighted by Crippen LogP contribution is -2.47. The standard InChI is InChI=1S/C29H35F3N4O5S2/c1-42-21-9-11-22(12-10-21)43(40,41)18-19-6-2-3-7-24(19)34-26(37)17-33-27(38)23-16-20(29(30,31)32)8-13-25(23)35-28(39)36-14-4-5-15-36/h8-13,16,19,24H,2-7,14-15,17-18H2,1H3,(H,33,38)(H,34,37)(H,35,39). The van der Waals surface area contributed by atoms with E-state index in [0.717, 1.165) is 42.7 Å². The first-order valence-electron chi connectivity index (χ1n) is 14.1. The number of hydrogen-bond acceptors (Lipinski definition) is 6. The molecule has 2 aliphatic rings. The topological polar surface area (TPSA) is 125 Å². The van der Waals surface area contributed by atoms with E-state index in [2.05, 4.69) is 16.0 Å². The van der Waals surface area contributed by atoms with Gasteiger partial charge in [0.05, 0.1) is 34.0 Å². The van der Waals surface area contributed by atoms with Gasteiger partial charge in [-0.25, -0.2) is 13.2 Å².